The van der Waals surface area contributed by atoms with Crippen LogP contribution in [0.4, 0.5) is 11.4 Å². The number of pyridine rings is 1. The summed E-state index contributed by atoms with van der Waals surface area (Å²) in [5.74, 6) is 0.312. The number of carbonyl (C=O) groups excluding carboxylic acids is 1. The third-order valence-electron chi connectivity index (χ3n) is 2.80. The van der Waals surface area contributed by atoms with Crippen LogP contribution in [0.1, 0.15) is 24.2 Å². The lowest BCUT2D eigenvalue weighted by atomic mass is 10.2. The van der Waals surface area contributed by atoms with Gasteiger partial charge in [0.05, 0.1) is 11.3 Å². The van der Waals surface area contributed by atoms with Gasteiger partial charge in [0.25, 0.3) is 5.91 Å². The zero-order valence-corrected chi connectivity index (χ0v) is 12.8. The number of nitrogens with one attached hydrogen (secondary N) is 2. The van der Waals surface area contributed by atoms with Crippen LogP contribution < -0.4 is 10.6 Å². The Morgan fingerprint density at radius 2 is 2.05 bits per heavy atom. The third kappa shape index (κ3) is 4.76. The van der Waals surface area contributed by atoms with E-state index in [-0.39, 0.29) is 5.91 Å². The van der Waals surface area contributed by atoms with Crippen LogP contribution in [-0.4, -0.2) is 17.4 Å². The van der Waals surface area contributed by atoms with Crippen LogP contribution in [0.2, 0.25) is 5.02 Å². The molecule has 0 atom stereocenters. The molecular weight excluding hydrogens is 286 g/mol. The summed E-state index contributed by atoms with van der Waals surface area (Å²) in [4.78, 5) is 16.3. The van der Waals surface area contributed by atoms with Crippen molar-refractivity contribution in [2.75, 3.05) is 17.2 Å². The van der Waals surface area contributed by atoms with Gasteiger partial charge in [0.2, 0.25) is 0 Å². The van der Waals surface area contributed by atoms with Gasteiger partial charge in [-0.3, -0.25) is 9.78 Å². The van der Waals surface area contributed by atoms with Crippen molar-refractivity contribution in [2.24, 2.45) is 5.92 Å². The fourth-order valence-corrected chi connectivity index (χ4v) is 1.94. The normalized spacial score (nSPS) is 10.5. The predicted octanol–water partition coefficient (Wildman–Crippen LogP) is 4.06. The van der Waals surface area contributed by atoms with Crippen LogP contribution in [0.25, 0.3) is 0 Å². The van der Waals surface area contributed by atoms with Crippen LogP contribution in [-0.2, 0) is 0 Å². The van der Waals surface area contributed by atoms with Crippen molar-refractivity contribution < 1.29 is 4.79 Å². The van der Waals surface area contributed by atoms with E-state index in [9.17, 15) is 4.79 Å². The highest BCUT2D eigenvalue weighted by molar-refractivity contribution is 6.30. The standard InChI is InChI=1S/C16H18ClN3O/c1-11(2)8-19-15-6-12(9-18-10-15)16(21)20-14-5-3-4-13(17)7-14/h3-7,9-11,19H,8H2,1-2H3,(H,20,21). The first-order valence-electron chi connectivity index (χ1n) is 6.80. The quantitative estimate of drug-likeness (QED) is 0.876. The first kappa shape index (κ1) is 15.3. The van der Waals surface area contributed by atoms with Crippen molar-refractivity contribution in [3.8, 4) is 0 Å². The van der Waals surface area contributed by atoms with Gasteiger partial charge in [-0.1, -0.05) is 31.5 Å². The molecular formula is C16H18ClN3O. The molecule has 0 radical (unpaired) electrons. The highest BCUT2D eigenvalue weighted by atomic mass is 35.5. The van der Waals surface area contributed by atoms with Gasteiger partial charge in [0.15, 0.2) is 0 Å². The molecule has 2 N–H and O–H groups in total. The van der Waals surface area contributed by atoms with E-state index in [1.54, 1.807) is 42.7 Å². The van der Waals surface area contributed by atoms with Gasteiger partial charge in [0, 0.05) is 29.6 Å². The average Bonchev–Trinajstić information content (AvgIpc) is 2.45. The highest BCUT2D eigenvalue weighted by Crippen LogP contribution is 2.16. The number of anilines is 2. The van der Waals surface area contributed by atoms with Crippen molar-refractivity contribution in [2.45, 2.75) is 13.8 Å². The summed E-state index contributed by atoms with van der Waals surface area (Å²) >= 11 is 5.90. The average molecular weight is 304 g/mol. The smallest absolute Gasteiger partial charge is 0.257 e. The number of rotatable bonds is 5. The predicted molar refractivity (Wildman–Crippen MR) is 87.0 cm³/mol. The SMILES string of the molecule is CC(C)CNc1cncc(C(=O)Nc2cccc(Cl)c2)c1. The van der Waals surface area contributed by atoms with Gasteiger partial charge >= 0.3 is 0 Å². The van der Waals surface area contributed by atoms with E-state index >= 15 is 0 Å². The molecule has 4 nitrogen and oxygen atoms in total. The first-order valence-corrected chi connectivity index (χ1v) is 7.18. The first-order chi connectivity index (χ1) is 10.0. The fourth-order valence-electron chi connectivity index (χ4n) is 1.75. The highest BCUT2D eigenvalue weighted by Gasteiger charge is 2.08. The second-order valence-electron chi connectivity index (χ2n) is 5.20. The Labute approximate surface area is 129 Å². The van der Waals surface area contributed by atoms with Crippen molar-refractivity contribution in [3.63, 3.8) is 0 Å². The summed E-state index contributed by atoms with van der Waals surface area (Å²) in [6.45, 7) is 5.08. The molecule has 1 aromatic heterocycles. The minimum atomic E-state index is -0.210. The topological polar surface area (TPSA) is 54.0 Å². The summed E-state index contributed by atoms with van der Waals surface area (Å²) in [6, 6.07) is 8.83. The molecule has 1 aromatic carbocycles. The molecule has 1 heterocycles. The summed E-state index contributed by atoms with van der Waals surface area (Å²) in [7, 11) is 0. The lowest BCUT2D eigenvalue weighted by Gasteiger charge is -2.10. The van der Waals surface area contributed by atoms with Gasteiger partial charge in [-0.15, -0.1) is 0 Å². The molecule has 0 spiro atoms. The Morgan fingerprint density at radius 3 is 2.76 bits per heavy atom. The molecule has 2 rings (SSSR count). The molecule has 0 unspecified atom stereocenters. The van der Waals surface area contributed by atoms with Crippen LogP contribution in [0.15, 0.2) is 42.7 Å². The maximum Gasteiger partial charge on any atom is 0.257 e. The minimum absolute atomic E-state index is 0.210. The van der Waals surface area contributed by atoms with Gasteiger partial charge in [-0.2, -0.15) is 0 Å². The number of hydrogen-bond donors (Lipinski definition) is 2. The number of nitrogens with zero attached hydrogens (tertiary/aromatic N) is 1. The van der Waals surface area contributed by atoms with E-state index in [4.69, 9.17) is 11.6 Å². The van der Waals surface area contributed by atoms with Crippen molar-refractivity contribution in [1.29, 1.82) is 0 Å². The van der Waals surface area contributed by atoms with E-state index in [2.05, 4.69) is 29.5 Å². The molecule has 0 saturated heterocycles. The monoisotopic (exact) mass is 303 g/mol. The van der Waals surface area contributed by atoms with E-state index in [0.29, 0.717) is 22.2 Å². The number of aromatic nitrogens is 1. The maximum atomic E-state index is 12.2. The molecule has 110 valence electrons. The lowest BCUT2D eigenvalue weighted by Crippen LogP contribution is -2.13. The van der Waals surface area contributed by atoms with Crippen LogP contribution in [0, 0.1) is 5.92 Å². The Bertz CT molecular complexity index is 628. The number of carbonyl (C=O) groups is 1. The van der Waals surface area contributed by atoms with Crippen molar-refractivity contribution >= 4 is 28.9 Å². The number of benzene rings is 1. The van der Waals surface area contributed by atoms with E-state index < -0.39 is 0 Å². The maximum absolute atomic E-state index is 12.2. The molecule has 0 saturated carbocycles. The molecule has 21 heavy (non-hydrogen) atoms. The number of hydrogen-bond acceptors (Lipinski definition) is 3. The van der Waals surface area contributed by atoms with Gasteiger partial charge in [0.1, 0.15) is 0 Å². The van der Waals surface area contributed by atoms with Gasteiger partial charge in [-0.25, -0.2) is 0 Å². The zero-order chi connectivity index (χ0) is 15.2. The van der Waals surface area contributed by atoms with Crippen LogP contribution in [0.3, 0.4) is 0 Å². The number of halogens is 1. The van der Waals surface area contributed by atoms with Crippen LogP contribution >= 0.6 is 11.6 Å². The van der Waals surface area contributed by atoms with Crippen molar-refractivity contribution in [1.82, 2.24) is 4.98 Å². The Morgan fingerprint density at radius 1 is 1.24 bits per heavy atom. The zero-order valence-electron chi connectivity index (χ0n) is 12.1. The molecule has 0 aliphatic heterocycles. The van der Waals surface area contributed by atoms with E-state index in [0.717, 1.165) is 12.2 Å². The Hall–Kier alpha value is -2.07. The molecule has 0 fully saturated rings. The second-order valence-corrected chi connectivity index (χ2v) is 5.64. The summed E-state index contributed by atoms with van der Waals surface area (Å²) in [5.41, 5.74) is 2.00. The Kier molecular flexibility index (Phi) is 5.17. The molecule has 0 aliphatic rings. The Balaban J connectivity index is 2.07. The summed E-state index contributed by atoms with van der Waals surface area (Å²) in [5, 5.41) is 6.63. The van der Waals surface area contributed by atoms with Gasteiger partial charge < -0.3 is 10.6 Å². The molecule has 1 amide bonds. The van der Waals surface area contributed by atoms with Gasteiger partial charge in [-0.05, 0) is 30.2 Å². The molecule has 5 heteroatoms. The van der Waals surface area contributed by atoms with E-state index in [1.165, 1.54) is 0 Å². The number of amides is 1. The summed E-state index contributed by atoms with van der Waals surface area (Å²) in [6.07, 6.45) is 3.25. The third-order valence-corrected chi connectivity index (χ3v) is 3.03. The fraction of sp³-hybridized carbons (Fsp3) is 0.250. The van der Waals surface area contributed by atoms with E-state index in [1.807, 2.05) is 0 Å². The minimum Gasteiger partial charge on any atom is -0.384 e. The van der Waals surface area contributed by atoms with Crippen LogP contribution in [0.5, 0.6) is 0 Å². The molecule has 0 bridgehead atoms. The molecule has 0 aliphatic carbocycles. The summed E-state index contributed by atoms with van der Waals surface area (Å²) < 4.78 is 0. The molecule has 2 aromatic rings. The lowest BCUT2D eigenvalue weighted by molar-refractivity contribution is 0.102. The largest absolute Gasteiger partial charge is 0.384 e. The second kappa shape index (κ2) is 7.09. The van der Waals surface area contributed by atoms with Crippen molar-refractivity contribution in [3.05, 3.63) is 53.3 Å².